The summed E-state index contributed by atoms with van der Waals surface area (Å²) >= 11 is 14.2. The van der Waals surface area contributed by atoms with Gasteiger partial charge in [-0.1, -0.05) is 203 Å². The fourth-order valence-electron chi connectivity index (χ4n) is 5.55. The second-order valence-corrected chi connectivity index (χ2v) is 13.3. The van der Waals surface area contributed by atoms with Gasteiger partial charge in [-0.3, -0.25) is 0 Å². The van der Waals surface area contributed by atoms with Gasteiger partial charge in [0.15, 0.2) is 0 Å². The van der Waals surface area contributed by atoms with E-state index in [1.807, 2.05) is 45.9 Å². The van der Waals surface area contributed by atoms with Crippen molar-refractivity contribution in [3.8, 4) is 0 Å². The van der Waals surface area contributed by atoms with Gasteiger partial charge < -0.3 is 0 Å². The summed E-state index contributed by atoms with van der Waals surface area (Å²) in [5.41, 5.74) is 6.67. The van der Waals surface area contributed by atoms with Crippen LogP contribution in [0.25, 0.3) is 0 Å². The van der Waals surface area contributed by atoms with Crippen molar-refractivity contribution in [1.29, 1.82) is 0 Å². The molecular formula is C38H28Cl2S2. The fourth-order valence-corrected chi connectivity index (χ4v) is 10.4. The molecule has 0 N–H and O–H groups in total. The summed E-state index contributed by atoms with van der Waals surface area (Å²) in [6.07, 6.45) is 0. The first-order chi connectivity index (χ1) is 20.7. The molecular weight excluding hydrogens is 591 g/mol. The van der Waals surface area contributed by atoms with Gasteiger partial charge in [-0.2, -0.15) is 0 Å². The van der Waals surface area contributed by atoms with Crippen molar-refractivity contribution in [3.63, 3.8) is 0 Å². The van der Waals surface area contributed by atoms with Gasteiger partial charge >= 0.3 is 0 Å². The molecule has 0 aliphatic heterocycles. The first-order valence-corrected chi connectivity index (χ1v) is 16.7. The molecule has 0 heterocycles. The third-order valence-corrected chi connectivity index (χ3v) is 11.9. The van der Waals surface area contributed by atoms with Crippen LogP contribution < -0.4 is 0 Å². The minimum Gasteiger partial charge on any atom is -0.0840 e. The molecule has 0 aliphatic rings. The standard InChI is InChI=1S/C38H28Cl2S2/c39-35-27-15-13-25-33(35)37(29-17-5-1-6-18-29,30-19-7-2-8-20-30)41-42-38(31-21-9-3-10-22-31,32-23-11-4-12-24-32)34-26-14-16-28-36(34)40/h1-28H. The predicted octanol–water partition coefficient (Wildman–Crippen LogP) is 11.7. The lowest BCUT2D eigenvalue weighted by Crippen LogP contribution is -2.29. The van der Waals surface area contributed by atoms with E-state index in [2.05, 4.69) is 146 Å². The fraction of sp³-hybridized carbons (Fsp3) is 0.0526. The van der Waals surface area contributed by atoms with Crippen molar-refractivity contribution in [2.24, 2.45) is 0 Å². The van der Waals surface area contributed by atoms with E-state index in [0.29, 0.717) is 0 Å². The van der Waals surface area contributed by atoms with Gasteiger partial charge in [0, 0.05) is 10.0 Å². The van der Waals surface area contributed by atoms with Crippen molar-refractivity contribution in [3.05, 3.63) is 213 Å². The monoisotopic (exact) mass is 618 g/mol. The lowest BCUT2D eigenvalue weighted by atomic mass is 9.84. The zero-order chi connectivity index (χ0) is 28.8. The van der Waals surface area contributed by atoms with E-state index in [1.165, 1.54) is 0 Å². The summed E-state index contributed by atoms with van der Waals surface area (Å²) in [6, 6.07) is 59.1. The summed E-state index contributed by atoms with van der Waals surface area (Å²) in [4.78, 5) is 0. The van der Waals surface area contributed by atoms with Crippen LogP contribution >= 0.6 is 44.8 Å². The quantitative estimate of drug-likeness (QED) is 0.117. The summed E-state index contributed by atoms with van der Waals surface area (Å²) in [5, 5.41) is 1.45. The van der Waals surface area contributed by atoms with E-state index in [0.717, 1.165) is 43.4 Å². The normalized spacial score (nSPS) is 11.8. The number of hydrogen-bond acceptors (Lipinski definition) is 2. The van der Waals surface area contributed by atoms with Crippen LogP contribution in [0, 0.1) is 0 Å². The molecule has 0 amide bonds. The van der Waals surface area contributed by atoms with Gasteiger partial charge in [-0.15, -0.1) is 0 Å². The van der Waals surface area contributed by atoms with Crippen molar-refractivity contribution in [1.82, 2.24) is 0 Å². The van der Waals surface area contributed by atoms with E-state index < -0.39 is 9.49 Å². The maximum absolute atomic E-state index is 7.09. The molecule has 0 saturated carbocycles. The highest BCUT2D eigenvalue weighted by Gasteiger charge is 2.45. The lowest BCUT2D eigenvalue weighted by molar-refractivity contribution is 0.892. The Labute approximate surface area is 266 Å². The van der Waals surface area contributed by atoms with Crippen LogP contribution in [0.3, 0.4) is 0 Å². The molecule has 6 aromatic rings. The van der Waals surface area contributed by atoms with Crippen molar-refractivity contribution < 1.29 is 0 Å². The number of halogens is 2. The highest BCUT2D eigenvalue weighted by molar-refractivity contribution is 8.77. The van der Waals surface area contributed by atoms with Crippen LogP contribution in [0.2, 0.25) is 10.0 Å². The van der Waals surface area contributed by atoms with E-state index in [1.54, 1.807) is 0 Å². The Morgan fingerprint density at radius 2 is 0.548 bits per heavy atom. The highest BCUT2D eigenvalue weighted by atomic mass is 35.5. The second-order valence-electron chi connectivity index (χ2n) is 9.95. The highest BCUT2D eigenvalue weighted by Crippen LogP contribution is 2.63. The molecule has 0 aromatic heterocycles. The van der Waals surface area contributed by atoms with E-state index in [9.17, 15) is 0 Å². The Morgan fingerprint density at radius 1 is 0.310 bits per heavy atom. The molecule has 0 fully saturated rings. The topological polar surface area (TPSA) is 0 Å². The number of rotatable bonds is 9. The van der Waals surface area contributed by atoms with Gasteiger partial charge in [0.1, 0.15) is 9.49 Å². The first-order valence-electron chi connectivity index (χ1n) is 13.8. The van der Waals surface area contributed by atoms with Crippen LogP contribution in [0.15, 0.2) is 170 Å². The van der Waals surface area contributed by atoms with E-state index in [4.69, 9.17) is 23.2 Å². The average molecular weight is 620 g/mol. The zero-order valence-corrected chi connectivity index (χ0v) is 25.9. The maximum atomic E-state index is 7.09. The third-order valence-electron chi connectivity index (χ3n) is 7.52. The molecule has 0 aliphatic carbocycles. The predicted molar refractivity (Wildman–Crippen MR) is 184 cm³/mol. The zero-order valence-electron chi connectivity index (χ0n) is 22.7. The van der Waals surface area contributed by atoms with Gasteiger partial charge in [-0.25, -0.2) is 0 Å². The third kappa shape index (κ3) is 5.29. The largest absolute Gasteiger partial charge is 0.102 e. The Kier molecular flexibility index (Phi) is 8.79. The lowest BCUT2D eigenvalue weighted by Gasteiger charge is -2.41. The first kappa shape index (κ1) is 28.7. The molecule has 0 radical (unpaired) electrons. The minimum atomic E-state index is -0.637. The molecule has 6 aromatic carbocycles. The van der Waals surface area contributed by atoms with Crippen LogP contribution in [0.1, 0.15) is 33.4 Å². The van der Waals surface area contributed by atoms with Crippen molar-refractivity contribution >= 4 is 44.8 Å². The molecule has 0 saturated heterocycles. The van der Waals surface area contributed by atoms with Gasteiger partial charge in [0.05, 0.1) is 0 Å². The maximum Gasteiger partial charge on any atom is 0.102 e. The second kappa shape index (κ2) is 12.9. The number of benzene rings is 6. The summed E-state index contributed by atoms with van der Waals surface area (Å²) in [6.45, 7) is 0. The molecule has 206 valence electrons. The molecule has 0 atom stereocenters. The molecule has 4 heteroatoms. The summed E-state index contributed by atoms with van der Waals surface area (Å²) < 4.78 is -1.27. The van der Waals surface area contributed by atoms with E-state index in [-0.39, 0.29) is 0 Å². The van der Waals surface area contributed by atoms with Crippen LogP contribution in [0.4, 0.5) is 0 Å². The minimum absolute atomic E-state index is 0.637. The van der Waals surface area contributed by atoms with Crippen LogP contribution in [-0.2, 0) is 9.49 Å². The smallest absolute Gasteiger partial charge is 0.0840 e. The molecule has 42 heavy (non-hydrogen) atoms. The Morgan fingerprint density at radius 3 is 0.810 bits per heavy atom. The Hall–Kier alpha value is -3.40. The SMILES string of the molecule is Clc1ccccc1C(SSC(c1ccccc1)(c1ccccc1)c1ccccc1Cl)(c1ccccc1)c1ccccc1. The molecule has 0 unspecified atom stereocenters. The molecule has 0 nitrogen and oxygen atoms in total. The van der Waals surface area contributed by atoms with Gasteiger partial charge in [-0.05, 0) is 45.5 Å². The van der Waals surface area contributed by atoms with Crippen LogP contribution in [-0.4, -0.2) is 0 Å². The average Bonchev–Trinajstić information content (AvgIpc) is 3.06. The van der Waals surface area contributed by atoms with Crippen LogP contribution in [0.5, 0.6) is 0 Å². The summed E-state index contributed by atoms with van der Waals surface area (Å²) in [7, 11) is 3.63. The summed E-state index contributed by atoms with van der Waals surface area (Å²) in [5.74, 6) is 0. The Balaban J connectivity index is 1.66. The van der Waals surface area contributed by atoms with Gasteiger partial charge in [0.25, 0.3) is 0 Å². The van der Waals surface area contributed by atoms with Gasteiger partial charge in [0.2, 0.25) is 0 Å². The van der Waals surface area contributed by atoms with E-state index >= 15 is 0 Å². The number of hydrogen-bond donors (Lipinski definition) is 0. The van der Waals surface area contributed by atoms with Crippen molar-refractivity contribution in [2.75, 3.05) is 0 Å². The molecule has 0 bridgehead atoms. The molecule has 0 spiro atoms. The Bertz CT molecular complexity index is 1530. The molecule has 6 rings (SSSR count). The van der Waals surface area contributed by atoms with Crippen molar-refractivity contribution in [2.45, 2.75) is 9.49 Å².